The van der Waals surface area contributed by atoms with Crippen molar-refractivity contribution in [2.45, 2.75) is 32.4 Å². The Bertz CT molecular complexity index is 439. The number of aryl methyl sites for hydroxylation is 1. The fourth-order valence-electron chi connectivity index (χ4n) is 2.46. The van der Waals surface area contributed by atoms with E-state index in [0.29, 0.717) is 6.04 Å². The third-order valence-electron chi connectivity index (χ3n) is 3.71. The largest absolute Gasteiger partial charge is 0.299 e. The predicted octanol–water partition coefficient (Wildman–Crippen LogP) is 2.99. The van der Waals surface area contributed by atoms with Gasteiger partial charge in [-0.2, -0.15) is 0 Å². The number of rotatable bonds is 3. The van der Waals surface area contributed by atoms with Crippen LogP contribution >= 0.6 is 11.6 Å². The Hall–Kier alpha value is -0.380. The SMILES string of the molecule is Cc1cc(Cl)ccc1CN(C)C1CCS(=O)CC1. The van der Waals surface area contributed by atoms with Crippen LogP contribution in [0.1, 0.15) is 24.0 Å². The molecule has 1 saturated heterocycles. The highest BCUT2D eigenvalue weighted by Gasteiger charge is 2.21. The van der Waals surface area contributed by atoms with Gasteiger partial charge in [0.05, 0.1) is 0 Å². The fraction of sp³-hybridized carbons (Fsp3) is 0.571. The molecule has 0 saturated carbocycles. The van der Waals surface area contributed by atoms with Crippen LogP contribution < -0.4 is 0 Å². The van der Waals surface area contributed by atoms with E-state index in [1.807, 2.05) is 12.1 Å². The van der Waals surface area contributed by atoms with E-state index in [0.717, 1.165) is 35.9 Å². The summed E-state index contributed by atoms with van der Waals surface area (Å²) in [6.45, 7) is 3.05. The van der Waals surface area contributed by atoms with E-state index < -0.39 is 10.8 Å². The Morgan fingerprint density at radius 3 is 2.67 bits per heavy atom. The van der Waals surface area contributed by atoms with Gasteiger partial charge in [0, 0.05) is 39.9 Å². The van der Waals surface area contributed by atoms with Gasteiger partial charge in [-0.15, -0.1) is 0 Å². The lowest BCUT2D eigenvalue weighted by molar-refractivity contribution is 0.219. The molecule has 0 bridgehead atoms. The molecule has 0 radical (unpaired) electrons. The van der Waals surface area contributed by atoms with Gasteiger partial charge in [-0.1, -0.05) is 17.7 Å². The van der Waals surface area contributed by atoms with Gasteiger partial charge in [0.2, 0.25) is 0 Å². The average molecular weight is 286 g/mol. The summed E-state index contributed by atoms with van der Waals surface area (Å²) in [5.41, 5.74) is 2.57. The van der Waals surface area contributed by atoms with Crippen LogP contribution in [0.5, 0.6) is 0 Å². The Morgan fingerprint density at radius 1 is 1.39 bits per heavy atom. The first-order valence-electron chi connectivity index (χ1n) is 6.36. The van der Waals surface area contributed by atoms with E-state index >= 15 is 0 Å². The second-order valence-corrected chi connectivity index (χ2v) is 7.20. The van der Waals surface area contributed by atoms with Gasteiger partial charge in [-0.25, -0.2) is 0 Å². The summed E-state index contributed by atoms with van der Waals surface area (Å²) in [5.74, 6) is 1.71. The second-order valence-electron chi connectivity index (χ2n) is 5.07. The van der Waals surface area contributed by atoms with Gasteiger partial charge in [-0.3, -0.25) is 9.11 Å². The van der Waals surface area contributed by atoms with Crippen LogP contribution in [0.4, 0.5) is 0 Å². The zero-order chi connectivity index (χ0) is 13.1. The maximum Gasteiger partial charge on any atom is 0.0408 e. The first-order valence-corrected chi connectivity index (χ1v) is 8.23. The zero-order valence-electron chi connectivity index (χ0n) is 11.0. The average Bonchev–Trinajstić information content (AvgIpc) is 2.33. The topological polar surface area (TPSA) is 20.3 Å². The molecule has 0 unspecified atom stereocenters. The summed E-state index contributed by atoms with van der Waals surface area (Å²) in [4.78, 5) is 2.38. The lowest BCUT2D eigenvalue weighted by Crippen LogP contribution is -2.37. The lowest BCUT2D eigenvalue weighted by Gasteiger charge is -2.31. The molecule has 0 N–H and O–H groups in total. The van der Waals surface area contributed by atoms with E-state index in [2.05, 4.69) is 24.9 Å². The lowest BCUT2D eigenvalue weighted by atomic mass is 10.1. The number of hydrogen-bond acceptors (Lipinski definition) is 2. The molecule has 1 aromatic carbocycles. The normalized spacial score (nSPS) is 24.4. The van der Waals surface area contributed by atoms with Gasteiger partial charge in [0.15, 0.2) is 0 Å². The molecule has 1 aliphatic rings. The molecule has 2 nitrogen and oxygen atoms in total. The third-order valence-corrected chi connectivity index (χ3v) is 5.32. The van der Waals surface area contributed by atoms with E-state index in [1.165, 1.54) is 11.1 Å². The van der Waals surface area contributed by atoms with E-state index in [4.69, 9.17) is 11.6 Å². The molecule has 1 fully saturated rings. The Morgan fingerprint density at radius 2 is 2.06 bits per heavy atom. The molecule has 4 heteroatoms. The van der Waals surface area contributed by atoms with Crippen molar-refractivity contribution in [2.75, 3.05) is 18.6 Å². The molecule has 0 aliphatic carbocycles. The first kappa shape index (κ1) is 14.0. The molecule has 1 aliphatic heterocycles. The molecule has 0 aromatic heterocycles. The van der Waals surface area contributed by atoms with Crippen molar-refractivity contribution in [3.05, 3.63) is 34.3 Å². The molecule has 2 rings (SSSR count). The monoisotopic (exact) mass is 285 g/mol. The highest BCUT2D eigenvalue weighted by molar-refractivity contribution is 7.85. The van der Waals surface area contributed by atoms with E-state index in [9.17, 15) is 4.21 Å². The maximum atomic E-state index is 11.4. The first-order chi connectivity index (χ1) is 8.56. The van der Waals surface area contributed by atoms with Crippen molar-refractivity contribution in [1.82, 2.24) is 4.90 Å². The highest BCUT2D eigenvalue weighted by Crippen LogP contribution is 2.20. The second kappa shape index (κ2) is 6.18. The zero-order valence-corrected chi connectivity index (χ0v) is 12.6. The van der Waals surface area contributed by atoms with Crippen molar-refractivity contribution in [2.24, 2.45) is 0 Å². The van der Waals surface area contributed by atoms with Gasteiger partial charge >= 0.3 is 0 Å². The van der Waals surface area contributed by atoms with Crippen molar-refractivity contribution in [1.29, 1.82) is 0 Å². The smallest absolute Gasteiger partial charge is 0.0408 e. The van der Waals surface area contributed by atoms with Gasteiger partial charge < -0.3 is 0 Å². The number of hydrogen-bond donors (Lipinski definition) is 0. The Kier molecular flexibility index (Phi) is 4.82. The summed E-state index contributed by atoms with van der Waals surface area (Å²) < 4.78 is 11.4. The summed E-state index contributed by atoms with van der Waals surface area (Å²) in [7, 11) is 1.58. The molecule has 1 heterocycles. The van der Waals surface area contributed by atoms with E-state index in [-0.39, 0.29) is 0 Å². The summed E-state index contributed by atoms with van der Waals surface area (Å²) >= 11 is 5.97. The van der Waals surface area contributed by atoms with Gasteiger partial charge in [-0.05, 0) is 50.1 Å². The number of nitrogens with zero attached hydrogens (tertiary/aromatic N) is 1. The minimum absolute atomic E-state index is 0.567. The fourth-order valence-corrected chi connectivity index (χ4v) is 3.96. The van der Waals surface area contributed by atoms with E-state index in [1.54, 1.807) is 0 Å². The van der Waals surface area contributed by atoms with Crippen LogP contribution in [0, 0.1) is 6.92 Å². The highest BCUT2D eigenvalue weighted by atomic mass is 35.5. The molecular formula is C14H20ClNOS. The minimum Gasteiger partial charge on any atom is -0.299 e. The van der Waals surface area contributed by atoms with Crippen LogP contribution in [0.25, 0.3) is 0 Å². The Labute approximate surface area is 117 Å². The number of benzene rings is 1. The molecule has 100 valence electrons. The summed E-state index contributed by atoms with van der Waals surface area (Å²) in [6.07, 6.45) is 2.10. The molecule has 0 spiro atoms. The molecule has 1 aromatic rings. The Balaban J connectivity index is 1.98. The van der Waals surface area contributed by atoms with Crippen LogP contribution in [0.2, 0.25) is 5.02 Å². The summed E-state index contributed by atoms with van der Waals surface area (Å²) in [5, 5.41) is 0.798. The van der Waals surface area contributed by atoms with Crippen molar-refractivity contribution in [3.8, 4) is 0 Å². The predicted molar refractivity (Wildman–Crippen MR) is 78.6 cm³/mol. The van der Waals surface area contributed by atoms with Crippen LogP contribution in [0.15, 0.2) is 18.2 Å². The third kappa shape index (κ3) is 3.56. The van der Waals surface area contributed by atoms with Gasteiger partial charge in [0.1, 0.15) is 0 Å². The van der Waals surface area contributed by atoms with Crippen LogP contribution in [0.3, 0.4) is 0 Å². The summed E-state index contributed by atoms with van der Waals surface area (Å²) in [6, 6.07) is 6.64. The van der Waals surface area contributed by atoms with Crippen LogP contribution in [-0.4, -0.2) is 33.7 Å². The molecule has 0 atom stereocenters. The quantitative estimate of drug-likeness (QED) is 0.851. The van der Waals surface area contributed by atoms with Gasteiger partial charge in [0.25, 0.3) is 0 Å². The maximum absolute atomic E-state index is 11.4. The van der Waals surface area contributed by atoms with Crippen molar-refractivity contribution < 1.29 is 4.21 Å². The molecule has 0 amide bonds. The van der Waals surface area contributed by atoms with Crippen molar-refractivity contribution in [3.63, 3.8) is 0 Å². The standard InChI is InChI=1S/C14H20ClNOS/c1-11-9-13(15)4-3-12(11)10-16(2)14-5-7-18(17)8-6-14/h3-4,9,14H,5-8,10H2,1-2H3. The van der Waals surface area contributed by atoms with Crippen LogP contribution in [-0.2, 0) is 17.3 Å². The molecular weight excluding hydrogens is 266 g/mol. The number of halogens is 1. The minimum atomic E-state index is -0.576. The van der Waals surface area contributed by atoms with Crippen molar-refractivity contribution >= 4 is 22.4 Å². The molecule has 18 heavy (non-hydrogen) atoms.